The maximum Gasteiger partial charge on any atom is 0.222 e. The summed E-state index contributed by atoms with van der Waals surface area (Å²) in [6.07, 6.45) is 11.2. The molecule has 2 aromatic rings. The summed E-state index contributed by atoms with van der Waals surface area (Å²) >= 11 is 0. The van der Waals surface area contributed by atoms with Crippen LogP contribution in [0, 0.1) is 12.3 Å². The molecule has 4 heterocycles. The molecule has 1 spiro atoms. The number of H-pyrrole nitrogens is 1. The first-order valence-corrected chi connectivity index (χ1v) is 9.37. The van der Waals surface area contributed by atoms with Crippen LogP contribution in [0.1, 0.15) is 42.8 Å². The van der Waals surface area contributed by atoms with Crippen LogP contribution in [0.15, 0.2) is 24.9 Å². The average molecular weight is 354 g/mol. The van der Waals surface area contributed by atoms with Crippen LogP contribution in [0.5, 0.6) is 0 Å². The molecule has 1 amide bonds. The highest BCUT2D eigenvalue weighted by molar-refractivity contribution is 5.77. The van der Waals surface area contributed by atoms with Crippen molar-refractivity contribution in [2.45, 2.75) is 45.7 Å². The second-order valence-electron chi connectivity index (χ2n) is 7.79. The number of piperidine rings is 2. The van der Waals surface area contributed by atoms with Gasteiger partial charge in [0.2, 0.25) is 5.91 Å². The first kappa shape index (κ1) is 17.1. The zero-order valence-electron chi connectivity index (χ0n) is 15.3. The predicted molar refractivity (Wildman–Crippen MR) is 97.0 cm³/mol. The van der Waals surface area contributed by atoms with E-state index in [1.54, 1.807) is 18.7 Å². The van der Waals surface area contributed by atoms with Crippen molar-refractivity contribution in [1.82, 2.24) is 29.7 Å². The summed E-state index contributed by atoms with van der Waals surface area (Å²) in [5, 5.41) is 0. The summed E-state index contributed by atoms with van der Waals surface area (Å²) in [4.78, 5) is 33.0. The molecule has 1 atom stereocenters. The van der Waals surface area contributed by atoms with E-state index in [0.717, 1.165) is 49.7 Å². The Kier molecular flexibility index (Phi) is 4.72. The quantitative estimate of drug-likeness (QED) is 0.907. The van der Waals surface area contributed by atoms with Gasteiger partial charge in [0.15, 0.2) is 0 Å². The van der Waals surface area contributed by atoms with Crippen LogP contribution in [0.25, 0.3) is 0 Å². The smallest absolute Gasteiger partial charge is 0.222 e. The normalized spacial score (nSPS) is 24.3. The van der Waals surface area contributed by atoms with Gasteiger partial charge >= 0.3 is 0 Å². The van der Waals surface area contributed by atoms with Crippen LogP contribution in [-0.2, 0) is 17.9 Å². The van der Waals surface area contributed by atoms with E-state index in [0.29, 0.717) is 13.0 Å². The van der Waals surface area contributed by atoms with Gasteiger partial charge < -0.3 is 9.88 Å². The molecule has 0 unspecified atom stereocenters. The van der Waals surface area contributed by atoms with E-state index in [2.05, 4.69) is 24.8 Å². The van der Waals surface area contributed by atoms with E-state index in [4.69, 9.17) is 0 Å². The molecular weight excluding hydrogens is 328 g/mol. The third kappa shape index (κ3) is 3.77. The fourth-order valence-corrected chi connectivity index (χ4v) is 4.33. The van der Waals surface area contributed by atoms with Crippen molar-refractivity contribution >= 4 is 5.91 Å². The molecule has 138 valence electrons. The Morgan fingerprint density at radius 3 is 2.85 bits per heavy atom. The first-order chi connectivity index (χ1) is 12.6. The van der Waals surface area contributed by atoms with Crippen molar-refractivity contribution in [2.24, 2.45) is 5.41 Å². The molecule has 2 fully saturated rings. The zero-order chi connectivity index (χ0) is 18.0. The SMILES string of the molecule is Cc1cnc(CN2C[C@]3(CCCN(Cc4cnc[nH]4)C3)CCC2=O)cn1. The Labute approximate surface area is 153 Å². The highest BCUT2D eigenvalue weighted by Gasteiger charge is 2.41. The number of rotatable bonds is 4. The number of aryl methyl sites for hydroxylation is 1. The van der Waals surface area contributed by atoms with Gasteiger partial charge in [0.25, 0.3) is 0 Å². The van der Waals surface area contributed by atoms with Gasteiger partial charge in [-0.1, -0.05) is 0 Å². The average Bonchev–Trinajstić information content (AvgIpc) is 3.14. The molecule has 0 aliphatic carbocycles. The molecule has 1 N–H and O–H groups in total. The number of carbonyl (C=O) groups excluding carboxylic acids is 1. The standard InChI is InChI=1S/C19H26N6O/c1-15-7-22-17(9-21-15)11-25-13-19(5-3-18(25)26)4-2-6-24(12-19)10-16-8-20-14-23-16/h7-9,14H,2-6,10-13H2,1H3,(H,20,23)/t19-/m1/s1. The Bertz CT molecular complexity index is 744. The Morgan fingerprint density at radius 1 is 1.15 bits per heavy atom. The summed E-state index contributed by atoms with van der Waals surface area (Å²) in [5.41, 5.74) is 3.12. The number of hydrogen-bond donors (Lipinski definition) is 1. The Morgan fingerprint density at radius 2 is 2.08 bits per heavy atom. The highest BCUT2D eigenvalue weighted by Crippen LogP contribution is 2.39. The minimum atomic E-state index is 0.199. The van der Waals surface area contributed by atoms with E-state index in [-0.39, 0.29) is 11.3 Å². The third-order valence-electron chi connectivity index (χ3n) is 5.62. The number of nitrogens with zero attached hydrogens (tertiary/aromatic N) is 5. The highest BCUT2D eigenvalue weighted by atomic mass is 16.2. The number of nitrogens with one attached hydrogen (secondary N) is 1. The molecule has 0 saturated carbocycles. The number of hydrogen-bond acceptors (Lipinski definition) is 5. The van der Waals surface area contributed by atoms with Crippen LogP contribution in [0.4, 0.5) is 0 Å². The van der Waals surface area contributed by atoms with Crippen molar-refractivity contribution in [1.29, 1.82) is 0 Å². The fourth-order valence-electron chi connectivity index (χ4n) is 4.33. The molecule has 7 heteroatoms. The van der Waals surface area contributed by atoms with Gasteiger partial charge in [-0.3, -0.25) is 19.7 Å². The van der Waals surface area contributed by atoms with Crippen molar-refractivity contribution < 1.29 is 4.79 Å². The minimum absolute atomic E-state index is 0.199. The molecule has 2 aliphatic heterocycles. The third-order valence-corrected chi connectivity index (χ3v) is 5.62. The topological polar surface area (TPSA) is 78.0 Å². The predicted octanol–water partition coefficient (Wildman–Crippen LogP) is 1.91. The van der Waals surface area contributed by atoms with Crippen molar-refractivity contribution in [3.8, 4) is 0 Å². The number of aromatic amines is 1. The Hall–Kier alpha value is -2.28. The lowest BCUT2D eigenvalue weighted by molar-refractivity contribution is -0.140. The molecule has 2 aromatic heterocycles. The van der Waals surface area contributed by atoms with Gasteiger partial charge in [0.05, 0.1) is 30.5 Å². The van der Waals surface area contributed by atoms with E-state index in [1.165, 1.54) is 12.8 Å². The van der Waals surface area contributed by atoms with Gasteiger partial charge in [0, 0.05) is 49.6 Å². The molecule has 0 aromatic carbocycles. The lowest BCUT2D eigenvalue weighted by atomic mass is 9.73. The molecule has 7 nitrogen and oxygen atoms in total. The molecule has 2 saturated heterocycles. The van der Waals surface area contributed by atoms with Crippen molar-refractivity contribution in [3.63, 3.8) is 0 Å². The largest absolute Gasteiger partial charge is 0.347 e. The monoisotopic (exact) mass is 354 g/mol. The number of carbonyl (C=O) groups is 1. The summed E-state index contributed by atoms with van der Waals surface area (Å²) in [7, 11) is 0. The summed E-state index contributed by atoms with van der Waals surface area (Å²) in [6, 6.07) is 0. The van der Waals surface area contributed by atoms with Gasteiger partial charge in [-0.25, -0.2) is 4.98 Å². The first-order valence-electron chi connectivity index (χ1n) is 9.37. The van der Waals surface area contributed by atoms with Crippen LogP contribution < -0.4 is 0 Å². The number of likely N-dealkylation sites (tertiary alicyclic amines) is 2. The molecule has 0 bridgehead atoms. The molecule has 2 aliphatic rings. The second kappa shape index (κ2) is 7.15. The summed E-state index contributed by atoms with van der Waals surface area (Å²) < 4.78 is 0. The molecular formula is C19H26N6O. The van der Waals surface area contributed by atoms with Gasteiger partial charge in [-0.2, -0.15) is 0 Å². The Balaban J connectivity index is 1.44. The number of aromatic nitrogens is 4. The fraction of sp³-hybridized carbons (Fsp3) is 0.579. The van der Waals surface area contributed by atoms with Crippen LogP contribution in [0.3, 0.4) is 0 Å². The lowest BCUT2D eigenvalue weighted by Gasteiger charge is -2.48. The number of imidazole rings is 1. The number of amides is 1. The molecule has 26 heavy (non-hydrogen) atoms. The van der Waals surface area contributed by atoms with Crippen molar-refractivity contribution in [3.05, 3.63) is 42.0 Å². The van der Waals surface area contributed by atoms with E-state index in [9.17, 15) is 4.79 Å². The van der Waals surface area contributed by atoms with Crippen LogP contribution >= 0.6 is 0 Å². The van der Waals surface area contributed by atoms with Crippen LogP contribution in [0.2, 0.25) is 0 Å². The molecule has 4 rings (SSSR count). The van der Waals surface area contributed by atoms with Gasteiger partial charge in [-0.15, -0.1) is 0 Å². The van der Waals surface area contributed by atoms with E-state index < -0.39 is 0 Å². The second-order valence-corrected chi connectivity index (χ2v) is 7.79. The maximum atomic E-state index is 12.5. The van der Waals surface area contributed by atoms with E-state index >= 15 is 0 Å². The van der Waals surface area contributed by atoms with Crippen LogP contribution in [-0.4, -0.2) is 55.3 Å². The maximum absolute atomic E-state index is 12.5. The summed E-state index contributed by atoms with van der Waals surface area (Å²) in [6.45, 7) is 6.36. The zero-order valence-corrected chi connectivity index (χ0v) is 15.3. The summed E-state index contributed by atoms with van der Waals surface area (Å²) in [5.74, 6) is 0.240. The lowest BCUT2D eigenvalue weighted by Crippen LogP contribution is -2.53. The van der Waals surface area contributed by atoms with Crippen molar-refractivity contribution in [2.75, 3.05) is 19.6 Å². The van der Waals surface area contributed by atoms with E-state index in [1.807, 2.05) is 18.0 Å². The minimum Gasteiger partial charge on any atom is -0.347 e. The van der Waals surface area contributed by atoms with Gasteiger partial charge in [0.1, 0.15) is 0 Å². The molecule has 0 radical (unpaired) electrons. The van der Waals surface area contributed by atoms with Gasteiger partial charge in [-0.05, 0) is 32.7 Å².